The Labute approximate surface area is 224 Å². The van der Waals surface area contributed by atoms with Gasteiger partial charge in [-0.25, -0.2) is 0 Å². The lowest BCUT2D eigenvalue weighted by molar-refractivity contribution is 0.487. The first-order valence-electron chi connectivity index (χ1n) is 13.9. The van der Waals surface area contributed by atoms with Gasteiger partial charge in [-0.15, -0.1) is 0 Å². The maximum Gasteiger partial charge on any atom is 0.131 e. The number of rotatable bonds is 5. The Morgan fingerprint density at radius 2 is 0.658 bits per heavy atom. The normalized spacial score (nSPS) is 11.8. The van der Waals surface area contributed by atoms with Crippen LogP contribution in [0.1, 0.15) is 49.9 Å². The van der Waals surface area contributed by atoms with Crippen LogP contribution in [0, 0.1) is 0 Å². The van der Waals surface area contributed by atoms with Crippen molar-refractivity contribution in [3.05, 3.63) is 95.1 Å². The van der Waals surface area contributed by atoms with E-state index in [-0.39, 0.29) is 0 Å². The van der Waals surface area contributed by atoms with Crippen LogP contribution in [-0.2, 0) is 25.7 Å². The van der Waals surface area contributed by atoms with E-state index < -0.39 is 0 Å². The van der Waals surface area contributed by atoms with E-state index in [1.807, 2.05) is 0 Å². The predicted octanol–water partition coefficient (Wildman–Crippen LogP) is 9.63. The van der Waals surface area contributed by atoms with Crippen LogP contribution in [0.25, 0.3) is 54.2 Å². The van der Waals surface area contributed by atoms with Crippen LogP contribution in [0.2, 0.25) is 0 Å². The number of phenolic OH excluding ortho intramolecular Hbond substituents is 2. The van der Waals surface area contributed by atoms with Crippen molar-refractivity contribution in [3.63, 3.8) is 0 Å². The average Bonchev–Trinajstić information content (AvgIpc) is 2.97. The molecule has 0 spiro atoms. The fourth-order valence-corrected chi connectivity index (χ4v) is 6.02. The van der Waals surface area contributed by atoms with E-state index in [9.17, 15) is 10.2 Å². The molecule has 6 rings (SSSR count). The van der Waals surface area contributed by atoms with Gasteiger partial charge in [-0.2, -0.15) is 0 Å². The molecule has 2 nitrogen and oxygen atoms in total. The van der Waals surface area contributed by atoms with Crippen molar-refractivity contribution in [1.82, 2.24) is 0 Å². The van der Waals surface area contributed by atoms with E-state index >= 15 is 0 Å². The molecule has 6 aromatic carbocycles. The van der Waals surface area contributed by atoms with Crippen LogP contribution in [0.5, 0.6) is 11.5 Å². The minimum Gasteiger partial charge on any atom is -0.507 e. The number of hydrogen-bond donors (Lipinski definition) is 2. The molecule has 0 aromatic heterocycles. The second-order valence-corrected chi connectivity index (χ2v) is 10.4. The highest BCUT2D eigenvalue weighted by atomic mass is 16.3. The molecule has 0 amide bonds. The molecule has 2 heteroatoms. The molecule has 0 saturated carbocycles. The zero-order chi connectivity index (χ0) is 26.6. The lowest BCUT2D eigenvalue weighted by Crippen LogP contribution is -1.94. The third-order valence-corrected chi connectivity index (χ3v) is 8.32. The second-order valence-electron chi connectivity index (χ2n) is 10.4. The zero-order valence-electron chi connectivity index (χ0n) is 22.7. The smallest absolute Gasteiger partial charge is 0.131 e. The van der Waals surface area contributed by atoms with Gasteiger partial charge >= 0.3 is 0 Å². The number of aromatic hydroxyl groups is 2. The summed E-state index contributed by atoms with van der Waals surface area (Å²) in [5, 5.41) is 30.7. The highest BCUT2D eigenvalue weighted by Crippen LogP contribution is 2.50. The van der Waals surface area contributed by atoms with Crippen molar-refractivity contribution in [2.75, 3.05) is 0 Å². The van der Waals surface area contributed by atoms with Gasteiger partial charge in [0, 0.05) is 21.5 Å². The van der Waals surface area contributed by atoms with E-state index in [0.29, 0.717) is 11.5 Å². The first-order chi connectivity index (χ1) is 18.5. The third-order valence-electron chi connectivity index (χ3n) is 8.32. The molecule has 0 unspecified atom stereocenters. The minimum atomic E-state index is 0.339. The predicted molar refractivity (Wildman–Crippen MR) is 163 cm³/mol. The molecule has 0 atom stereocenters. The molecule has 0 fully saturated rings. The van der Waals surface area contributed by atoms with E-state index in [2.05, 4.69) is 100 Å². The molecule has 0 bridgehead atoms. The van der Waals surface area contributed by atoms with Gasteiger partial charge in [0.15, 0.2) is 0 Å². The summed E-state index contributed by atoms with van der Waals surface area (Å²) in [7, 11) is 0. The molecule has 2 N–H and O–H groups in total. The summed E-state index contributed by atoms with van der Waals surface area (Å²) < 4.78 is 0. The molecule has 190 valence electrons. The van der Waals surface area contributed by atoms with Gasteiger partial charge in [0.2, 0.25) is 0 Å². The average molecular weight is 499 g/mol. The highest BCUT2D eigenvalue weighted by Gasteiger charge is 2.22. The molecule has 0 saturated heterocycles. The van der Waals surface area contributed by atoms with Gasteiger partial charge < -0.3 is 10.2 Å². The Balaban J connectivity index is 1.92. The lowest BCUT2D eigenvalue weighted by Gasteiger charge is -2.21. The second kappa shape index (κ2) is 9.36. The molecule has 38 heavy (non-hydrogen) atoms. The Hall–Kier alpha value is -4.04. The Bertz CT molecular complexity index is 1740. The van der Waals surface area contributed by atoms with Gasteiger partial charge in [0.1, 0.15) is 11.5 Å². The Morgan fingerprint density at radius 3 is 0.974 bits per heavy atom. The number of phenols is 2. The van der Waals surface area contributed by atoms with Crippen molar-refractivity contribution >= 4 is 43.1 Å². The summed E-state index contributed by atoms with van der Waals surface area (Å²) in [5.74, 6) is 0.679. The van der Waals surface area contributed by atoms with Gasteiger partial charge in [0.05, 0.1) is 0 Å². The van der Waals surface area contributed by atoms with Gasteiger partial charge in [0.25, 0.3) is 0 Å². The highest BCUT2D eigenvalue weighted by molar-refractivity contribution is 6.26. The first-order valence-corrected chi connectivity index (χ1v) is 13.9. The fourth-order valence-electron chi connectivity index (χ4n) is 6.02. The van der Waals surface area contributed by atoms with Crippen LogP contribution in [0.15, 0.2) is 72.8 Å². The molecule has 0 aliphatic carbocycles. The molecular weight excluding hydrogens is 464 g/mol. The first kappa shape index (κ1) is 24.3. The van der Waals surface area contributed by atoms with Crippen molar-refractivity contribution in [2.45, 2.75) is 53.4 Å². The Kier molecular flexibility index (Phi) is 5.99. The number of fused-ring (bicyclic) bond motifs is 4. The zero-order valence-corrected chi connectivity index (χ0v) is 22.7. The summed E-state index contributed by atoms with van der Waals surface area (Å²) in [4.78, 5) is 0. The summed E-state index contributed by atoms with van der Waals surface area (Å²) in [6, 6.07) is 25.9. The maximum atomic E-state index is 11.5. The third kappa shape index (κ3) is 3.62. The molecule has 0 aliphatic heterocycles. The summed E-state index contributed by atoms with van der Waals surface area (Å²) in [5.41, 5.74) is 7.11. The Morgan fingerprint density at radius 1 is 0.368 bits per heavy atom. The van der Waals surface area contributed by atoms with Crippen LogP contribution in [0.3, 0.4) is 0 Å². The molecule has 0 heterocycles. The maximum absolute atomic E-state index is 11.5. The van der Waals surface area contributed by atoms with Crippen LogP contribution >= 0.6 is 0 Å². The van der Waals surface area contributed by atoms with Gasteiger partial charge in [-0.05, 0) is 92.7 Å². The van der Waals surface area contributed by atoms with E-state index in [1.165, 1.54) is 22.3 Å². The number of aryl methyl sites for hydroxylation is 4. The van der Waals surface area contributed by atoms with Crippen molar-refractivity contribution in [3.8, 4) is 22.6 Å². The fraction of sp³-hybridized carbons (Fsp3) is 0.222. The molecule has 0 aliphatic rings. The number of hydrogen-bond acceptors (Lipinski definition) is 2. The minimum absolute atomic E-state index is 0.339. The van der Waals surface area contributed by atoms with Crippen LogP contribution < -0.4 is 0 Å². The monoisotopic (exact) mass is 498 g/mol. The summed E-state index contributed by atoms with van der Waals surface area (Å²) in [6.07, 6.45) is 3.64. The van der Waals surface area contributed by atoms with E-state index in [1.54, 1.807) is 0 Å². The largest absolute Gasteiger partial charge is 0.507 e. The van der Waals surface area contributed by atoms with Crippen molar-refractivity contribution < 1.29 is 10.2 Å². The topological polar surface area (TPSA) is 40.5 Å². The van der Waals surface area contributed by atoms with Gasteiger partial charge in [-0.3, -0.25) is 0 Å². The van der Waals surface area contributed by atoms with Crippen LogP contribution in [0.4, 0.5) is 0 Å². The standard InChI is InChI=1S/C36H34O2/c1-5-21-11-15-27-29(17-21)33(25-13-9-23(7-3)19-31(25)35(27)37)34-26-14-10-24(8-4)20-32(26)36(38)28-16-12-22(6-2)18-30(28)34/h9-20,37-38H,5-8H2,1-4H3. The lowest BCUT2D eigenvalue weighted by atomic mass is 9.83. The quantitative estimate of drug-likeness (QED) is 0.232. The van der Waals surface area contributed by atoms with E-state index in [4.69, 9.17) is 0 Å². The van der Waals surface area contributed by atoms with Gasteiger partial charge in [-0.1, -0.05) is 88.4 Å². The summed E-state index contributed by atoms with van der Waals surface area (Å²) in [6.45, 7) is 8.62. The van der Waals surface area contributed by atoms with Crippen LogP contribution in [-0.4, -0.2) is 10.2 Å². The van der Waals surface area contributed by atoms with Crippen molar-refractivity contribution in [1.29, 1.82) is 0 Å². The summed E-state index contributed by atoms with van der Waals surface area (Å²) >= 11 is 0. The molecular formula is C36H34O2. The van der Waals surface area contributed by atoms with E-state index in [0.717, 1.165) is 79.9 Å². The molecule has 6 aromatic rings. The number of benzene rings is 6. The van der Waals surface area contributed by atoms with Crippen molar-refractivity contribution in [2.24, 2.45) is 0 Å². The molecule has 0 radical (unpaired) electrons. The SMILES string of the molecule is CCc1ccc2c(-c3c4ccc(CC)cc4c(O)c4ccc(CC)cc34)c3cc(CC)ccc3c(O)c2c1.